The minimum absolute atomic E-state index is 0.0920. The molecule has 0 aliphatic carbocycles. The lowest BCUT2D eigenvalue weighted by atomic mass is 10.00. The molecule has 0 spiro atoms. The first-order valence-corrected chi connectivity index (χ1v) is 9.79. The minimum atomic E-state index is -0.253. The Bertz CT molecular complexity index is 998. The van der Waals surface area contributed by atoms with Crippen LogP contribution in [0.4, 0.5) is 5.69 Å². The lowest BCUT2D eigenvalue weighted by molar-refractivity contribution is -0.907. The van der Waals surface area contributed by atoms with Gasteiger partial charge in [-0.15, -0.1) is 0 Å². The second-order valence-corrected chi connectivity index (χ2v) is 7.23. The summed E-state index contributed by atoms with van der Waals surface area (Å²) in [7, 11) is 0. The van der Waals surface area contributed by atoms with E-state index in [2.05, 4.69) is 28.8 Å². The monoisotopic (exact) mass is 390 g/mol. The first-order valence-electron chi connectivity index (χ1n) is 9.79. The maximum Gasteiger partial charge on any atom is 0.279 e. The van der Waals surface area contributed by atoms with Gasteiger partial charge in [0.2, 0.25) is 0 Å². The van der Waals surface area contributed by atoms with E-state index in [1.165, 1.54) is 16.0 Å². The second kappa shape index (κ2) is 8.75. The van der Waals surface area contributed by atoms with Crippen molar-refractivity contribution in [2.24, 2.45) is 0 Å². The molecule has 0 saturated carbocycles. The smallest absolute Gasteiger partial charge is 0.279 e. The van der Waals surface area contributed by atoms with Gasteiger partial charge < -0.3 is 20.0 Å². The maximum atomic E-state index is 12.6. The molecular weight excluding hydrogens is 366 g/mol. The van der Waals surface area contributed by atoms with Crippen LogP contribution < -0.4 is 15.5 Å². The molecule has 3 aromatic rings. The van der Waals surface area contributed by atoms with Crippen molar-refractivity contribution < 1.29 is 18.9 Å². The standard InChI is InChI=1S/C23H23N3O3/c27-22(16-26-12-11-17-6-1-2-7-18(17)15-26)25-21-10-4-3-9-20(21)23(28)24-14-19-8-5-13-29-19/h1-10,13H,11-12,14-16H2,(H,24,28)(H,25,27)/p+1. The van der Waals surface area contributed by atoms with Crippen LogP contribution in [0.15, 0.2) is 71.3 Å². The van der Waals surface area contributed by atoms with E-state index in [0.29, 0.717) is 30.1 Å². The van der Waals surface area contributed by atoms with Gasteiger partial charge in [-0.05, 0) is 29.8 Å². The molecule has 2 amide bonds. The molecule has 1 aliphatic heterocycles. The normalized spacial score (nSPS) is 15.4. The van der Waals surface area contributed by atoms with Crippen molar-refractivity contribution in [3.63, 3.8) is 0 Å². The molecule has 3 N–H and O–H groups in total. The fourth-order valence-electron chi connectivity index (χ4n) is 3.68. The average Bonchev–Trinajstić information content (AvgIpc) is 3.26. The van der Waals surface area contributed by atoms with Crippen molar-refractivity contribution in [2.75, 3.05) is 18.4 Å². The van der Waals surface area contributed by atoms with E-state index in [4.69, 9.17) is 4.42 Å². The van der Waals surface area contributed by atoms with E-state index in [-0.39, 0.29) is 11.8 Å². The summed E-state index contributed by atoms with van der Waals surface area (Å²) in [6.45, 7) is 2.44. The quantitative estimate of drug-likeness (QED) is 0.601. The van der Waals surface area contributed by atoms with Crippen molar-refractivity contribution >= 4 is 17.5 Å². The largest absolute Gasteiger partial charge is 0.467 e. The number of rotatable bonds is 6. The third-order valence-electron chi connectivity index (χ3n) is 5.17. The van der Waals surface area contributed by atoms with Crippen molar-refractivity contribution in [3.05, 3.63) is 89.4 Å². The highest BCUT2D eigenvalue weighted by Crippen LogP contribution is 2.15. The number of hydrogen-bond donors (Lipinski definition) is 3. The fourth-order valence-corrected chi connectivity index (χ4v) is 3.68. The Balaban J connectivity index is 1.37. The van der Waals surface area contributed by atoms with E-state index in [0.717, 1.165) is 19.5 Å². The van der Waals surface area contributed by atoms with Crippen LogP contribution in [0.1, 0.15) is 27.2 Å². The Kier molecular flexibility index (Phi) is 5.72. The summed E-state index contributed by atoms with van der Waals surface area (Å²) in [5.74, 6) is 0.330. The van der Waals surface area contributed by atoms with Crippen molar-refractivity contribution in [2.45, 2.75) is 19.5 Å². The van der Waals surface area contributed by atoms with Crippen molar-refractivity contribution in [3.8, 4) is 0 Å². The molecular formula is C23H24N3O3+. The van der Waals surface area contributed by atoms with E-state index in [1.807, 2.05) is 12.1 Å². The summed E-state index contributed by atoms with van der Waals surface area (Å²) in [4.78, 5) is 26.4. The van der Waals surface area contributed by atoms with Crippen LogP contribution in [0.3, 0.4) is 0 Å². The van der Waals surface area contributed by atoms with Gasteiger partial charge in [0.05, 0.1) is 30.6 Å². The van der Waals surface area contributed by atoms with Crippen LogP contribution in [0.2, 0.25) is 0 Å². The molecule has 29 heavy (non-hydrogen) atoms. The van der Waals surface area contributed by atoms with Gasteiger partial charge in [-0.1, -0.05) is 36.4 Å². The Morgan fingerprint density at radius 3 is 2.59 bits per heavy atom. The third kappa shape index (κ3) is 4.73. The molecule has 2 aromatic carbocycles. The Morgan fingerprint density at radius 2 is 1.76 bits per heavy atom. The molecule has 1 atom stereocenters. The number of nitrogens with one attached hydrogen (secondary N) is 3. The van der Waals surface area contributed by atoms with E-state index < -0.39 is 0 Å². The number of furan rings is 1. The van der Waals surface area contributed by atoms with Gasteiger partial charge in [0, 0.05) is 12.0 Å². The van der Waals surface area contributed by atoms with Crippen molar-refractivity contribution in [1.29, 1.82) is 0 Å². The molecule has 2 heterocycles. The van der Waals surface area contributed by atoms with Gasteiger partial charge in [-0.25, -0.2) is 0 Å². The highest BCUT2D eigenvalue weighted by Gasteiger charge is 2.22. The van der Waals surface area contributed by atoms with Crippen LogP contribution in [-0.4, -0.2) is 24.9 Å². The second-order valence-electron chi connectivity index (χ2n) is 7.23. The van der Waals surface area contributed by atoms with E-state index >= 15 is 0 Å². The molecule has 6 nitrogen and oxygen atoms in total. The van der Waals surface area contributed by atoms with Crippen LogP contribution >= 0.6 is 0 Å². The highest BCUT2D eigenvalue weighted by molar-refractivity contribution is 6.03. The van der Waals surface area contributed by atoms with Gasteiger partial charge in [-0.3, -0.25) is 9.59 Å². The summed E-state index contributed by atoms with van der Waals surface area (Å²) in [6, 6.07) is 19.0. The first-order chi connectivity index (χ1) is 14.2. The summed E-state index contributed by atoms with van der Waals surface area (Å²) in [6.07, 6.45) is 2.54. The summed E-state index contributed by atoms with van der Waals surface area (Å²) >= 11 is 0. The molecule has 0 radical (unpaired) electrons. The lowest BCUT2D eigenvalue weighted by Crippen LogP contribution is -3.12. The zero-order valence-electron chi connectivity index (χ0n) is 16.1. The summed E-state index contributed by atoms with van der Waals surface area (Å²) in [5.41, 5.74) is 3.63. The van der Waals surface area contributed by atoms with Crippen LogP contribution in [-0.2, 0) is 24.3 Å². The predicted octanol–water partition coefficient (Wildman–Crippen LogP) is 1.79. The number of anilines is 1. The van der Waals surface area contributed by atoms with Crippen LogP contribution in [0, 0.1) is 0 Å². The number of carbonyl (C=O) groups excluding carboxylic acids is 2. The topological polar surface area (TPSA) is 75.8 Å². The number of fused-ring (bicyclic) bond motifs is 1. The highest BCUT2D eigenvalue weighted by atomic mass is 16.3. The number of amides is 2. The van der Waals surface area contributed by atoms with Crippen LogP contribution in [0.25, 0.3) is 0 Å². The molecule has 6 heteroatoms. The molecule has 4 rings (SSSR count). The molecule has 0 saturated heterocycles. The lowest BCUT2D eigenvalue weighted by Gasteiger charge is -2.25. The number of hydrogen-bond acceptors (Lipinski definition) is 3. The van der Waals surface area contributed by atoms with E-state index in [1.54, 1.807) is 36.6 Å². The molecule has 0 fully saturated rings. The Morgan fingerprint density at radius 1 is 0.966 bits per heavy atom. The number of carbonyl (C=O) groups is 2. The third-order valence-corrected chi connectivity index (χ3v) is 5.17. The molecule has 1 aromatic heterocycles. The minimum Gasteiger partial charge on any atom is -0.467 e. The zero-order chi connectivity index (χ0) is 20.1. The van der Waals surface area contributed by atoms with Gasteiger partial charge in [0.15, 0.2) is 6.54 Å². The number of benzene rings is 2. The molecule has 148 valence electrons. The molecule has 1 aliphatic rings. The first kappa shape index (κ1) is 19.0. The van der Waals surface area contributed by atoms with Crippen molar-refractivity contribution in [1.82, 2.24) is 5.32 Å². The number of para-hydroxylation sites is 1. The fraction of sp³-hybridized carbons (Fsp3) is 0.217. The maximum absolute atomic E-state index is 12.6. The Hall–Kier alpha value is -3.38. The van der Waals surface area contributed by atoms with Gasteiger partial charge in [-0.2, -0.15) is 0 Å². The Labute approximate surface area is 169 Å². The van der Waals surface area contributed by atoms with Gasteiger partial charge in [0.25, 0.3) is 11.8 Å². The zero-order valence-corrected chi connectivity index (χ0v) is 16.1. The van der Waals surface area contributed by atoms with Gasteiger partial charge in [0.1, 0.15) is 12.3 Å². The average molecular weight is 390 g/mol. The van der Waals surface area contributed by atoms with Crippen LogP contribution in [0.5, 0.6) is 0 Å². The number of quaternary nitrogens is 1. The van der Waals surface area contributed by atoms with Gasteiger partial charge >= 0.3 is 0 Å². The SMILES string of the molecule is O=C(C[NH+]1CCc2ccccc2C1)Nc1ccccc1C(=O)NCc1ccco1. The molecule has 1 unspecified atom stereocenters. The summed E-state index contributed by atoms with van der Waals surface area (Å²) < 4.78 is 5.24. The molecule has 0 bridgehead atoms. The summed E-state index contributed by atoms with van der Waals surface area (Å²) in [5, 5.41) is 5.73. The van der Waals surface area contributed by atoms with E-state index in [9.17, 15) is 9.59 Å². The predicted molar refractivity (Wildman–Crippen MR) is 109 cm³/mol.